The number of hydrogen-bond donors (Lipinski definition) is 0. The van der Waals surface area contributed by atoms with Crippen LogP contribution in [0.1, 0.15) is 12.8 Å². The van der Waals surface area contributed by atoms with Crippen LogP contribution in [0.15, 0.2) is 23.1 Å². The van der Waals surface area contributed by atoms with Crippen LogP contribution >= 0.6 is 27.5 Å². The Morgan fingerprint density at radius 3 is 2.89 bits per heavy atom. The summed E-state index contributed by atoms with van der Waals surface area (Å²) in [7, 11) is -3.72. The fourth-order valence-corrected chi connectivity index (χ4v) is 5.13. The summed E-state index contributed by atoms with van der Waals surface area (Å²) in [6, 6.07) is 3.30. The summed E-state index contributed by atoms with van der Waals surface area (Å²) >= 11 is 9.17. The first-order valence-electron chi connectivity index (χ1n) is 5.49. The van der Waals surface area contributed by atoms with Gasteiger partial charge >= 0.3 is 0 Å². The van der Waals surface area contributed by atoms with Gasteiger partial charge in [-0.3, -0.25) is 0 Å². The first-order chi connectivity index (χ1) is 8.46. The molecule has 1 atom stereocenters. The summed E-state index contributed by atoms with van der Waals surface area (Å²) in [4.78, 5) is -0.156. The second kappa shape index (κ2) is 5.45. The molecule has 7 heteroatoms. The van der Waals surface area contributed by atoms with Crippen LogP contribution in [0.2, 0.25) is 5.02 Å². The normalized spacial score (nSPS) is 21.4. The van der Waals surface area contributed by atoms with Crippen molar-refractivity contribution in [1.82, 2.24) is 4.31 Å². The fourth-order valence-electron chi connectivity index (χ4n) is 2.08. The van der Waals surface area contributed by atoms with Crippen molar-refractivity contribution in [2.24, 2.45) is 0 Å². The van der Waals surface area contributed by atoms with Gasteiger partial charge in [-0.25, -0.2) is 12.8 Å². The molecular formula is C11H12BrClFNO2S. The minimum atomic E-state index is -3.72. The van der Waals surface area contributed by atoms with Crippen LogP contribution in [0.5, 0.6) is 0 Å². The summed E-state index contributed by atoms with van der Waals surface area (Å²) in [5.74, 6) is -0.604. The Morgan fingerprint density at radius 2 is 2.22 bits per heavy atom. The summed E-state index contributed by atoms with van der Waals surface area (Å²) < 4.78 is 39.4. The van der Waals surface area contributed by atoms with E-state index in [9.17, 15) is 12.8 Å². The van der Waals surface area contributed by atoms with Crippen molar-refractivity contribution in [3.63, 3.8) is 0 Å². The highest BCUT2D eigenvalue weighted by Crippen LogP contribution is 2.31. The predicted octanol–water partition coefficient (Wildman–Crippen LogP) is 3.03. The van der Waals surface area contributed by atoms with Gasteiger partial charge in [0.05, 0.1) is 5.02 Å². The molecule has 0 spiro atoms. The standard InChI is InChI=1S/C11H12BrClFNO2S/c12-7-9-2-1-5-15(9)18(16,17)11-6-8(14)3-4-10(11)13/h3-4,6,9H,1-2,5,7H2. The average Bonchev–Trinajstić information content (AvgIpc) is 2.81. The van der Waals surface area contributed by atoms with Crippen LogP contribution in [0.4, 0.5) is 4.39 Å². The van der Waals surface area contributed by atoms with E-state index < -0.39 is 15.8 Å². The van der Waals surface area contributed by atoms with Gasteiger partial charge in [0, 0.05) is 17.9 Å². The van der Waals surface area contributed by atoms with E-state index in [0.717, 1.165) is 25.0 Å². The Bertz CT molecular complexity index is 552. The van der Waals surface area contributed by atoms with Crippen LogP contribution in [0.25, 0.3) is 0 Å². The maximum Gasteiger partial charge on any atom is 0.244 e. The molecule has 100 valence electrons. The van der Waals surface area contributed by atoms with Crippen LogP contribution in [0.3, 0.4) is 0 Å². The first kappa shape index (κ1) is 14.2. The lowest BCUT2D eigenvalue weighted by atomic mass is 10.3. The van der Waals surface area contributed by atoms with E-state index in [-0.39, 0.29) is 16.0 Å². The Kier molecular flexibility index (Phi) is 4.31. The van der Waals surface area contributed by atoms with E-state index in [1.165, 1.54) is 10.4 Å². The van der Waals surface area contributed by atoms with E-state index >= 15 is 0 Å². The van der Waals surface area contributed by atoms with E-state index in [4.69, 9.17) is 11.6 Å². The smallest absolute Gasteiger partial charge is 0.207 e. The molecule has 1 aliphatic heterocycles. The molecule has 1 fully saturated rings. The molecule has 2 rings (SSSR count). The molecule has 0 radical (unpaired) electrons. The number of nitrogens with zero attached hydrogens (tertiary/aromatic N) is 1. The number of rotatable bonds is 3. The molecule has 1 aromatic carbocycles. The zero-order valence-corrected chi connectivity index (χ0v) is 12.6. The van der Waals surface area contributed by atoms with Gasteiger partial charge in [0.15, 0.2) is 0 Å². The summed E-state index contributed by atoms with van der Waals surface area (Å²) in [5.41, 5.74) is 0. The molecule has 0 bridgehead atoms. The van der Waals surface area contributed by atoms with E-state index in [2.05, 4.69) is 15.9 Å². The highest BCUT2D eigenvalue weighted by Gasteiger charge is 2.35. The molecule has 0 aliphatic carbocycles. The zero-order chi connectivity index (χ0) is 13.3. The van der Waals surface area contributed by atoms with Crippen molar-refractivity contribution in [1.29, 1.82) is 0 Å². The number of benzene rings is 1. The van der Waals surface area contributed by atoms with Gasteiger partial charge in [-0.05, 0) is 31.0 Å². The van der Waals surface area contributed by atoms with Crippen molar-refractivity contribution in [2.75, 3.05) is 11.9 Å². The van der Waals surface area contributed by atoms with Crippen molar-refractivity contribution in [3.05, 3.63) is 29.0 Å². The third kappa shape index (κ3) is 2.57. The number of sulfonamides is 1. The van der Waals surface area contributed by atoms with Crippen molar-refractivity contribution in [2.45, 2.75) is 23.8 Å². The lowest BCUT2D eigenvalue weighted by molar-refractivity contribution is 0.413. The SMILES string of the molecule is O=S(=O)(c1cc(F)ccc1Cl)N1CCCC1CBr. The molecule has 0 saturated carbocycles. The number of halogens is 3. The van der Waals surface area contributed by atoms with Gasteiger partial charge in [0.25, 0.3) is 0 Å². The fraction of sp³-hybridized carbons (Fsp3) is 0.455. The van der Waals surface area contributed by atoms with E-state index in [1.807, 2.05) is 0 Å². The van der Waals surface area contributed by atoms with Crippen LogP contribution in [-0.4, -0.2) is 30.6 Å². The minimum Gasteiger partial charge on any atom is -0.207 e. The van der Waals surface area contributed by atoms with Crippen LogP contribution in [0, 0.1) is 5.82 Å². The van der Waals surface area contributed by atoms with Gasteiger partial charge in [-0.2, -0.15) is 4.31 Å². The molecule has 1 aliphatic rings. The van der Waals surface area contributed by atoms with Crippen molar-refractivity contribution in [3.8, 4) is 0 Å². The Balaban J connectivity index is 2.45. The molecule has 1 aromatic rings. The molecule has 1 saturated heterocycles. The monoisotopic (exact) mass is 355 g/mol. The minimum absolute atomic E-state index is 0.0524. The third-order valence-electron chi connectivity index (χ3n) is 2.98. The second-order valence-corrected chi connectivity index (χ2v) is 7.05. The molecule has 3 nitrogen and oxygen atoms in total. The topological polar surface area (TPSA) is 37.4 Å². The Hall–Kier alpha value is -0.170. The highest BCUT2D eigenvalue weighted by atomic mass is 79.9. The van der Waals surface area contributed by atoms with Gasteiger partial charge in [0.2, 0.25) is 10.0 Å². The largest absolute Gasteiger partial charge is 0.244 e. The molecule has 18 heavy (non-hydrogen) atoms. The second-order valence-electron chi connectivity index (χ2n) is 4.14. The number of alkyl halides is 1. The van der Waals surface area contributed by atoms with Gasteiger partial charge < -0.3 is 0 Å². The average molecular weight is 357 g/mol. The lowest BCUT2D eigenvalue weighted by Gasteiger charge is -2.22. The van der Waals surface area contributed by atoms with E-state index in [1.54, 1.807) is 0 Å². The Labute approximate surface area is 119 Å². The summed E-state index contributed by atoms with van der Waals surface area (Å²) in [5, 5.41) is 0.621. The molecule has 0 amide bonds. The lowest BCUT2D eigenvalue weighted by Crippen LogP contribution is -2.36. The maximum atomic E-state index is 13.2. The van der Waals surface area contributed by atoms with Crippen LogP contribution < -0.4 is 0 Å². The quantitative estimate of drug-likeness (QED) is 0.781. The predicted molar refractivity (Wildman–Crippen MR) is 72.1 cm³/mol. The molecular weight excluding hydrogens is 345 g/mol. The van der Waals surface area contributed by atoms with Gasteiger partial charge in [0.1, 0.15) is 10.7 Å². The van der Waals surface area contributed by atoms with Gasteiger partial charge in [-0.15, -0.1) is 0 Å². The number of hydrogen-bond acceptors (Lipinski definition) is 2. The summed E-state index contributed by atoms with van der Waals surface area (Å²) in [6.45, 7) is 0.450. The zero-order valence-electron chi connectivity index (χ0n) is 9.44. The highest BCUT2D eigenvalue weighted by molar-refractivity contribution is 9.09. The van der Waals surface area contributed by atoms with Crippen molar-refractivity contribution >= 4 is 37.6 Å². The maximum absolute atomic E-state index is 13.2. The Morgan fingerprint density at radius 1 is 1.50 bits per heavy atom. The summed E-state index contributed by atoms with van der Waals surface area (Å²) in [6.07, 6.45) is 1.61. The first-order valence-corrected chi connectivity index (χ1v) is 8.43. The van der Waals surface area contributed by atoms with Crippen LogP contribution in [-0.2, 0) is 10.0 Å². The van der Waals surface area contributed by atoms with E-state index in [0.29, 0.717) is 11.9 Å². The third-order valence-corrected chi connectivity index (χ3v) is 6.16. The van der Waals surface area contributed by atoms with Crippen molar-refractivity contribution < 1.29 is 12.8 Å². The van der Waals surface area contributed by atoms with Gasteiger partial charge in [-0.1, -0.05) is 27.5 Å². The molecule has 1 heterocycles. The molecule has 0 N–H and O–H groups in total. The molecule has 0 aromatic heterocycles. The molecule has 1 unspecified atom stereocenters.